The zero-order valence-corrected chi connectivity index (χ0v) is 13.0. The Kier molecular flexibility index (Phi) is 3.60. The van der Waals surface area contributed by atoms with Crippen LogP contribution in [0.4, 0.5) is 0 Å². The first-order chi connectivity index (χ1) is 11.2. The van der Waals surface area contributed by atoms with E-state index in [-0.39, 0.29) is 17.6 Å². The second-order valence-corrected chi connectivity index (χ2v) is 6.78. The number of phenolic OH excluding ortho intramolecular Hbond substituents is 1. The van der Waals surface area contributed by atoms with Gasteiger partial charge in [-0.1, -0.05) is 12.1 Å². The number of benzene rings is 2. The van der Waals surface area contributed by atoms with Gasteiger partial charge >= 0.3 is 0 Å². The van der Waals surface area contributed by atoms with E-state index in [4.69, 9.17) is 4.74 Å². The molecule has 1 heterocycles. The molecule has 2 aromatic carbocycles. The second-order valence-electron chi connectivity index (χ2n) is 6.78. The molecule has 1 unspecified atom stereocenters. The Morgan fingerprint density at radius 3 is 2.87 bits per heavy atom. The smallest absolute Gasteiger partial charge is 0.220 e. The summed E-state index contributed by atoms with van der Waals surface area (Å²) in [5.74, 6) is 2.21. The molecule has 0 radical (unpaired) electrons. The summed E-state index contributed by atoms with van der Waals surface area (Å²) in [6.07, 6.45) is 3.92. The van der Waals surface area contributed by atoms with Crippen molar-refractivity contribution in [2.24, 2.45) is 11.8 Å². The lowest BCUT2D eigenvalue weighted by molar-refractivity contribution is -0.121. The Morgan fingerprint density at radius 2 is 2.04 bits per heavy atom. The Labute approximate surface area is 135 Å². The minimum Gasteiger partial charge on any atom is -0.508 e. The lowest BCUT2D eigenvalue weighted by atomic mass is 9.92. The van der Waals surface area contributed by atoms with Crippen LogP contribution in [0, 0.1) is 11.8 Å². The highest BCUT2D eigenvalue weighted by atomic mass is 16.5. The predicted molar refractivity (Wildman–Crippen MR) is 88.7 cm³/mol. The molecule has 1 fully saturated rings. The van der Waals surface area contributed by atoms with Gasteiger partial charge in [0.15, 0.2) is 0 Å². The molecular formula is C19H21NO3. The van der Waals surface area contributed by atoms with Crippen LogP contribution in [-0.2, 0) is 11.2 Å². The topological polar surface area (TPSA) is 58.6 Å². The van der Waals surface area contributed by atoms with Crippen molar-refractivity contribution >= 4 is 16.7 Å². The van der Waals surface area contributed by atoms with Gasteiger partial charge in [-0.05, 0) is 54.2 Å². The molecule has 4 nitrogen and oxygen atoms in total. The SMILES string of the molecule is O=C(CC1CC1)NCC1COc2ccc3ccc(O)cc3c2C1. The van der Waals surface area contributed by atoms with E-state index in [2.05, 4.69) is 5.32 Å². The first kappa shape index (κ1) is 14.4. The monoisotopic (exact) mass is 311 g/mol. The van der Waals surface area contributed by atoms with Crippen LogP contribution in [0.3, 0.4) is 0 Å². The Balaban J connectivity index is 1.48. The molecule has 4 heteroatoms. The van der Waals surface area contributed by atoms with Crippen LogP contribution >= 0.6 is 0 Å². The van der Waals surface area contributed by atoms with Crippen molar-refractivity contribution < 1.29 is 14.6 Å². The number of carbonyl (C=O) groups is 1. The van der Waals surface area contributed by atoms with E-state index in [9.17, 15) is 9.90 Å². The molecule has 1 aliphatic carbocycles. The first-order valence-corrected chi connectivity index (χ1v) is 8.33. The molecule has 4 rings (SSSR count). The minimum absolute atomic E-state index is 0.161. The Morgan fingerprint density at radius 1 is 1.22 bits per heavy atom. The van der Waals surface area contributed by atoms with E-state index in [1.54, 1.807) is 12.1 Å². The molecule has 1 saturated carbocycles. The van der Waals surface area contributed by atoms with Crippen LogP contribution in [0.15, 0.2) is 30.3 Å². The largest absolute Gasteiger partial charge is 0.508 e. The molecule has 0 spiro atoms. The van der Waals surface area contributed by atoms with Crippen LogP contribution in [-0.4, -0.2) is 24.2 Å². The van der Waals surface area contributed by atoms with Gasteiger partial charge < -0.3 is 15.2 Å². The molecule has 1 aliphatic heterocycles. The summed E-state index contributed by atoms with van der Waals surface area (Å²) in [6.45, 7) is 1.28. The Hall–Kier alpha value is -2.23. The van der Waals surface area contributed by atoms with E-state index in [1.165, 1.54) is 12.8 Å². The summed E-state index contributed by atoms with van der Waals surface area (Å²) in [5.41, 5.74) is 1.13. The summed E-state index contributed by atoms with van der Waals surface area (Å²) < 4.78 is 5.88. The minimum atomic E-state index is 0.161. The predicted octanol–water partition coefficient (Wildman–Crippen LogP) is 3.01. The van der Waals surface area contributed by atoms with Crippen molar-refractivity contribution in [3.05, 3.63) is 35.9 Å². The van der Waals surface area contributed by atoms with Crippen molar-refractivity contribution in [1.29, 1.82) is 0 Å². The van der Waals surface area contributed by atoms with Gasteiger partial charge in [-0.2, -0.15) is 0 Å². The first-order valence-electron chi connectivity index (χ1n) is 8.33. The maximum absolute atomic E-state index is 11.9. The highest BCUT2D eigenvalue weighted by Gasteiger charge is 2.26. The fourth-order valence-electron chi connectivity index (χ4n) is 3.30. The van der Waals surface area contributed by atoms with Crippen LogP contribution < -0.4 is 10.1 Å². The number of nitrogens with one attached hydrogen (secondary N) is 1. The van der Waals surface area contributed by atoms with Crippen LogP contribution in [0.1, 0.15) is 24.8 Å². The number of ether oxygens (including phenoxy) is 1. The summed E-state index contributed by atoms with van der Waals surface area (Å²) in [5, 5.41) is 15.0. The van der Waals surface area contributed by atoms with E-state index >= 15 is 0 Å². The third-order valence-corrected chi connectivity index (χ3v) is 4.80. The van der Waals surface area contributed by atoms with Crippen LogP contribution in [0.25, 0.3) is 10.8 Å². The van der Waals surface area contributed by atoms with Gasteiger partial charge in [0.2, 0.25) is 5.91 Å². The van der Waals surface area contributed by atoms with Crippen molar-refractivity contribution in [3.8, 4) is 11.5 Å². The van der Waals surface area contributed by atoms with E-state index in [1.807, 2.05) is 18.2 Å². The van der Waals surface area contributed by atoms with Gasteiger partial charge in [0.25, 0.3) is 0 Å². The van der Waals surface area contributed by atoms with Crippen molar-refractivity contribution in [2.45, 2.75) is 25.7 Å². The van der Waals surface area contributed by atoms with Gasteiger partial charge in [0, 0.05) is 24.4 Å². The molecule has 0 bridgehead atoms. The number of carbonyl (C=O) groups excluding carboxylic acids is 1. The number of fused-ring (bicyclic) bond motifs is 3. The van der Waals surface area contributed by atoms with Gasteiger partial charge in [0.1, 0.15) is 11.5 Å². The number of phenols is 1. The fraction of sp³-hybridized carbons (Fsp3) is 0.421. The normalized spacial score (nSPS) is 19.9. The molecule has 120 valence electrons. The third-order valence-electron chi connectivity index (χ3n) is 4.80. The molecule has 1 atom stereocenters. The number of aromatic hydroxyl groups is 1. The van der Waals surface area contributed by atoms with Crippen molar-refractivity contribution in [1.82, 2.24) is 5.32 Å². The fourth-order valence-corrected chi connectivity index (χ4v) is 3.30. The van der Waals surface area contributed by atoms with Crippen LogP contribution in [0.2, 0.25) is 0 Å². The third kappa shape index (κ3) is 3.11. The second kappa shape index (κ2) is 5.76. The summed E-state index contributed by atoms with van der Waals surface area (Å²) in [4.78, 5) is 11.9. The molecule has 2 aromatic rings. The number of hydrogen-bond donors (Lipinski definition) is 2. The summed E-state index contributed by atoms with van der Waals surface area (Å²) in [6, 6.07) is 9.44. The summed E-state index contributed by atoms with van der Waals surface area (Å²) >= 11 is 0. The average molecular weight is 311 g/mol. The quantitative estimate of drug-likeness (QED) is 0.912. The van der Waals surface area contributed by atoms with Gasteiger partial charge in [-0.25, -0.2) is 0 Å². The molecule has 1 amide bonds. The Bertz CT molecular complexity index is 752. The highest BCUT2D eigenvalue weighted by Crippen LogP contribution is 2.35. The zero-order chi connectivity index (χ0) is 15.8. The maximum Gasteiger partial charge on any atom is 0.220 e. The number of amides is 1. The summed E-state index contributed by atoms with van der Waals surface area (Å²) in [7, 11) is 0. The van der Waals surface area contributed by atoms with Gasteiger partial charge in [-0.15, -0.1) is 0 Å². The number of rotatable bonds is 4. The van der Waals surface area contributed by atoms with Gasteiger partial charge in [-0.3, -0.25) is 4.79 Å². The van der Waals surface area contributed by atoms with Crippen molar-refractivity contribution in [2.75, 3.05) is 13.2 Å². The molecule has 0 aromatic heterocycles. The molecule has 2 N–H and O–H groups in total. The molecule has 2 aliphatic rings. The highest BCUT2D eigenvalue weighted by molar-refractivity contribution is 5.89. The van der Waals surface area contributed by atoms with Crippen LogP contribution in [0.5, 0.6) is 11.5 Å². The molecule has 0 saturated heterocycles. The average Bonchev–Trinajstić information content (AvgIpc) is 3.36. The molecular weight excluding hydrogens is 290 g/mol. The lowest BCUT2D eigenvalue weighted by Gasteiger charge is -2.26. The standard InChI is InChI=1S/C19H21NO3/c21-15-5-3-14-4-6-18-17(16(14)9-15)7-13(11-23-18)10-20-19(22)8-12-1-2-12/h3-6,9,12-13,21H,1-2,7-8,10-11H2,(H,20,22). The maximum atomic E-state index is 11.9. The zero-order valence-electron chi connectivity index (χ0n) is 13.0. The van der Waals surface area contributed by atoms with E-state index < -0.39 is 0 Å². The molecule has 23 heavy (non-hydrogen) atoms. The number of hydrogen-bond acceptors (Lipinski definition) is 3. The van der Waals surface area contributed by atoms with E-state index in [0.717, 1.165) is 28.5 Å². The van der Waals surface area contributed by atoms with E-state index in [0.29, 0.717) is 25.5 Å². The van der Waals surface area contributed by atoms with Gasteiger partial charge in [0.05, 0.1) is 6.61 Å². The lowest BCUT2D eigenvalue weighted by Crippen LogP contribution is -2.34. The van der Waals surface area contributed by atoms with Crippen molar-refractivity contribution in [3.63, 3.8) is 0 Å².